The fourth-order valence-electron chi connectivity index (χ4n) is 5.75. The summed E-state index contributed by atoms with van der Waals surface area (Å²) < 4.78 is 16.7. The highest BCUT2D eigenvalue weighted by Crippen LogP contribution is 2.13. The van der Waals surface area contributed by atoms with Gasteiger partial charge in [-0.15, -0.1) is 0 Å². The summed E-state index contributed by atoms with van der Waals surface area (Å²) in [4.78, 5) is 37.8. The lowest BCUT2D eigenvalue weighted by atomic mass is 10.1. The van der Waals surface area contributed by atoms with E-state index in [0.29, 0.717) is 19.3 Å². The molecule has 0 aromatic rings. The average Bonchev–Trinajstić information content (AvgIpc) is 3.22. The molecular weight excluding hydrogens is 721 g/mol. The van der Waals surface area contributed by atoms with Gasteiger partial charge in [-0.3, -0.25) is 14.4 Å². The number of esters is 3. The van der Waals surface area contributed by atoms with E-state index in [1.165, 1.54) is 25.7 Å². The van der Waals surface area contributed by atoms with E-state index < -0.39 is 6.10 Å². The van der Waals surface area contributed by atoms with Crippen LogP contribution in [0.4, 0.5) is 0 Å². The first kappa shape index (κ1) is 54.1. The van der Waals surface area contributed by atoms with Gasteiger partial charge in [0.2, 0.25) is 0 Å². The molecule has 0 rings (SSSR count). The lowest BCUT2D eigenvalue weighted by molar-refractivity contribution is -0.167. The molecular formula is C52H82O6. The Balaban J connectivity index is 4.50. The topological polar surface area (TPSA) is 78.9 Å². The maximum Gasteiger partial charge on any atom is 0.306 e. The SMILES string of the molecule is CC\C=C/C=C\C=C/CCCCCCCCCC(=O)OCC(COC(=O)CCCC/C=C\C/C=C\C/C=C\CC)OC(=O)CCCCCCC\C=C/C=C\C=C/CC. The van der Waals surface area contributed by atoms with Crippen LogP contribution in [0.15, 0.2) is 109 Å². The maximum absolute atomic E-state index is 12.7. The largest absolute Gasteiger partial charge is 0.462 e. The Kier molecular flexibility index (Phi) is 42.7. The first-order chi connectivity index (χ1) is 28.5. The highest BCUT2D eigenvalue weighted by molar-refractivity contribution is 5.71. The van der Waals surface area contributed by atoms with E-state index in [2.05, 4.69) is 124 Å². The van der Waals surface area contributed by atoms with E-state index in [0.717, 1.165) is 116 Å². The molecule has 0 bridgehead atoms. The molecule has 0 fully saturated rings. The Morgan fingerprint density at radius 1 is 0.362 bits per heavy atom. The molecule has 1 atom stereocenters. The van der Waals surface area contributed by atoms with Crippen LogP contribution in [0.25, 0.3) is 0 Å². The number of ether oxygens (including phenoxy) is 3. The molecule has 0 N–H and O–H groups in total. The van der Waals surface area contributed by atoms with E-state index in [1.807, 2.05) is 6.08 Å². The summed E-state index contributed by atoms with van der Waals surface area (Å²) in [6.07, 6.45) is 60.7. The van der Waals surface area contributed by atoms with E-state index in [-0.39, 0.29) is 31.1 Å². The molecule has 0 amide bonds. The third-order valence-electron chi connectivity index (χ3n) is 9.13. The summed E-state index contributed by atoms with van der Waals surface area (Å²) in [7, 11) is 0. The summed E-state index contributed by atoms with van der Waals surface area (Å²) in [5.41, 5.74) is 0. The minimum absolute atomic E-state index is 0.108. The predicted molar refractivity (Wildman–Crippen MR) is 247 cm³/mol. The Bertz CT molecular complexity index is 1240. The molecule has 0 radical (unpaired) electrons. The fourth-order valence-corrected chi connectivity index (χ4v) is 5.75. The van der Waals surface area contributed by atoms with Crippen molar-refractivity contribution in [2.45, 2.75) is 187 Å². The molecule has 0 heterocycles. The van der Waals surface area contributed by atoms with Crippen LogP contribution >= 0.6 is 0 Å². The Morgan fingerprint density at radius 3 is 1.19 bits per heavy atom. The molecule has 0 aliphatic heterocycles. The van der Waals surface area contributed by atoms with Gasteiger partial charge in [0.25, 0.3) is 0 Å². The van der Waals surface area contributed by atoms with Crippen molar-refractivity contribution in [1.82, 2.24) is 0 Å². The van der Waals surface area contributed by atoms with Crippen LogP contribution in [0, 0.1) is 0 Å². The van der Waals surface area contributed by atoms with Gasteiger partial charge >= 0.3 is 17.9 Å². The van der Waals surface area contributed by atoms with Gasteiger partial charge < -0.3 is 14.2 Å². The van der Waals surface area contributed by atoms with Gasteiger partial charge in [-0.25, -0.2) is 0 Å². The second-order valence-corrected chi connectivity index (χ2v) is 14.6. The highest BCUT2D eigenvalue weighted by atomic mass is 16.6. The summed E-state index contributed by atoms with van der Waals surface area (Å²) in [5, 5.41) is 0. The predicted octanol–water partition coefficient (Wildman–Crippen LogP) is 14.8. The average molecular weight is 803 g/mol. The smallest absolute Gasteiger partial charge is 0.306 e. The summed E-state index contributed by atoms with van der Waals surface area (Å²) in [6, 6.07) is 0. The van der Waals surface area contributed by atoms with Crippen LogP contribution in [0.2, 0.25) is 0 Å². The van der Waals surface area contributed by atoms with Crippen molar-refractivity contribution in [1.29, 1.82) is 0 Å². The molecule has 0 aromatic heterocycles. The number of carbonyl (C=O) groups excluding carboxylic acids is 3. The van der Waals surface area contributed by atoms with E-state index in [1.54, 1.807) is 0 Å². The zero-order valence-corrected chi connectivity index (χ0v) is 37.0. The number of carbonyl (C=O) groups is 3. The molecule has 0 saturated carbocycles. The van der Waals surface area contributed by atoms with Crippen molar-refractivity contribution in [2.75, 3.05) is 13.2 Å². The van der Waals surface area contributed by atoms with Gasteiger partial charge in [0.15, 0.2) is 6.10 Å². The third-order valence-corrected chi connectivity index (χ3v) is 9.13. The van der Waals surface area contributed by atoms with E-state index in [9.17, 15) is 14.4 Å². The Labute approximate surface area is 355 Å². The summed E-state index contributed by atoms with van der Waals surface area (Å²) in [6.45, 7) is 6.16. The van der Waals surface area contributed by atoms with Crippen LogP contribution in [0.1, 0.15) is 181 Å². The summed E-state index contributed by atoms with van der Waals surface area (Å²) in [5.74, 6) is -0.993. The molecule has 0 saturated heterocycles. The zero-order valence-electron chi connectivity index (χ0n) is 37.0. The first-order valence-electron chi connectivity index (χ1n) is 23.0. The Morgan fingerprint density at radius 2 is 0.707 bits per heavy atom. The minimum Gasteiger partial charge on any atom is -0.462 e. The van der Waals surface area contributed by atoms with Gasteiger partial charge in [-0.2, -0.15) is 0 Å². The van der Waals surface area contributed by atoms with Crippen molar-refractivity contribution >= 4 is 17.9 Å². The zero-order chi connectivity index (χ0) is 42.3. The minimum atomic E-state index is -0.809. The van der Waals surface area contributed by atoms with Gasteiger partial charge in [0, 0.05) is 19.3 Å². The van der Waals surface area contributed by atoms with E-state index >= 15 is 0 Å². The quantitative estimate of drug-likeness (QED) is 0.0202. The fraction of sp³-hybridized carbons (Fsp3) is 0.596. The van der Waals surface area contributed by atoms with Crippen LogP contribution in [0.5, 0.6) is 0 Å². The van der Waals surface area contributed by atoms with Gasteiger partial charge in [-0.1, -0.05) is 182 Å². The number of hydrogen-bond acceptors (Lipinski definition) is 6. The van der Waals surface area contributed by atoms with Crippen LogP contribution in [-0.4, -0.2) is 37.2 Å². The molecule has 58 heavy (non-hydrogen) atoms. The number of rotatable bonds is 39. The molecule has 326 valence electrons. The van der Waals surface area contributed by atoms with Crippen molar-refractivity contribution < 1.29 is 28.6 Å². The van der Waals surface area contributed by atoms with Crippen molar-refractivity contribution in [3.05, 3.63) is 109 Å². The number of unbranched alkanes of at least 4 members (excludes halogenated alkanes) is 14. The van der Waals surface area contributed by atoms with Crippen molar-refractivity contribution in [2.24, 2.45) is 0 Å². The molecule has 0 spiro atoms. The van der Waals surface area contributed by atoms with Crippen LogP contribution in [-0.2, 0) is 28.6 Å². The standard InChI is InChI=1S/C52H82O6/c1-4-7-10-13-16-19-22-25-26-28-30-33-36-39-42-45-51(54)57-48-49(47-56-50(53)44-41-38-35-32-29-24-21-18-15-12-9-6-3)58-52(55)46-43-40-37-34-31-27-23-20-17-14-11-8-5-2/h7-14,16-23,29,32,49H,4-6,15,24-28,30-31,33-48H2,1-3H3/b10-7-,11-8-,12-9-,16-13-,17-14-,21-18-,22-19-,23-20-,32-29-. The molecule has 6 nitrogen and oxygen atoms in total. The maximum atomic E-state index is 12.7. The summed E-state index contributed by atoms with van der Waals surface area (Å²) >= 11 is 0. The van der Waals surface area contributed by atoms with Crippen molar-refractivity contribution in [3.63, 3.8) is 0 Å². The molecule has 0 aliphatic rings. The van der Waals surface area contributed by atoms with Crippen molar-refractivity contribution in [3.8, 4) is 0 Å². The molecule has 0 aromatic carbocycles. The second-order valence-electron chi connectivity index (χ2n) is 14.6. The number of hydrogen-bond donors (Lipinski definition) is 0. The second kappa shape index (κ2) is 45.8. The lowest BCUT2D eigenvalue weighted by Gasteiger charge is -2.18. The van der Waals surface area contributed by atoms with Gasteiger partial charge in [0.1, 0.15) is 13.2 Å². The molecule has 6 heteroatoms. The highest BCUT2D eigenvalue weighted by Gasteiger charge is 2.19. The van der Waals surface area contributed by atoms with E-state index in [4.69, 9.17) is 14.2 Å². The molecule has 1 unspecified atom stereocenters. The lowest BCUT2D eigenvalue weighted by Crippen LogP contribution is -2.30. The van der Waals surface area contributed by atoms with Crippen LogP contribution in [0.3, 0.4) is 0 Å². The first-order valence-corrected chi connectivity index (χ1v) is 23.0. The van der Waals surface area contributed by atoms with Gasteiger partial charge in [-0.05, 0) is 89.9 Å². The molecule has 0 aliphatic carbocycles. The monoisotopic (exact) mass is 803 g/mol. The number of allylic oxidation sites excluding steroid dienone is 18. The third kappa shape index (κ3) is 43.2. The van der Waals surface area contributed by atoms with Crippen LogP contribution < -0.4 is 0 Å². The Hall–Kier alpha value is -3.93. The normalized spacial score (nSPS) is 13.1. The van der Waals surface area contributed by atoms with Gasteiger partial charge in [0.05, 0.1) is 0 Å².